The molecule has 0 N–H and O–H groups in total. The number of rotatable bonds is 19. The van der Waals surface area contributed by atoms with Gasteiger partial charge in [0.1, 0.15) is 12.4 Å². The third-order valence-corrected chi connectivity index (χ3v) is 5.32. The Morgan fingerprint density at radius 2 is 1.36 bits per heavy atom. The molecule has 0 amide bonds. The average Bonchev–Trinajstić information content (AvgIpc) is 2.85. The van der Waals surface area contributed by atoms with Gasteiger partial charge in [-0.25, -0.2) is 9.97 Å². The van der Waals surface area contributed by atoms with E-state index in [0.29, 0.717) is 24.8 Å². The first kappa shape index (κ1) is 26.8. The van der Waals surface area contributed by atoms with Crippen molar-refractivity contribution in [3.8, 4) is 22.9 Å². The molecule has 0 aliphatic carbocycles. The predicted octanol–water partition coefficient (Wildman–Crippen LogP) is 7.41. The number of aromatic nitrogens is 2. The summed E-state index contributed by atoms with van der Waals surface area (Å²) in [7, 11) is 0. The smallest absolute Gasteiger partial charge is 0.159 e. The molecule has 0 atom stereocenters. The molecule has 5 heteroatoms. The van der Waals surface area contributed by atoms with Gasteiger partial charge >= 0.3 is 0 Å². The Hall–Kier alpha value is -2.40. The standard InChI is InChI=1S/C28H42N2O3/c1-3-5-7-8-9-10-11-12-21-32-26-17-15-25(16-18-26)28-29-23-27(24-30-28)33-22-14-13-20-31-19-6-4-2/h11-12,15-18,23-24H,3-10,13-14,19-22H2,1-2H3. The summed E-state index contributed by atoms with van der Waals surface area (Å²) in [6.07, 6.45) is 19.8. The van der Waals surface area contributed by atoms with Gasteiger partial charge in [-0.15, -0.1) is 0 Å². The van der Waals surface area contributed by atoms with Gasteiger partial charge in [-0.1, -0.05) is 58.1 Å². The molecule has 0 aliphatic rings. The van der Waals surface area contributed by atoms with Gasteiger partial charge in [-0.05, 0) is 56.4 Å². The minimum absolute atomic E-state index is 0.599. The summed E-state index contributed by atoms with van der Waals surface area (Å²) in [5, 5.41) is 0. The van der Waals surface area contributed by atoms with E-state index in [1.165, 1.54) is 38.5 Å². The lowest BCUT2D eigenvalue weighted by Crippen LogP contribution is -2.02. The van der Waals surface area contributed by atoms with Crippen molar-refractivity contribution in [1.82, 2.24) is 9.97 Å². The lowest BCUT2D eigenvalue weighted by atomic mass is 10.1. The Bertz CT molecular complexity index is 745. The van der Waals surface area contributed by atoms with Gasteiger partial charge in [0.15, 0.2) is 11.6 Å². The highest BCUT2D eigenvalue weighted by Crippen LogP contribution is 2.20. The van der Waals surface area contributed by atoms with E-state index in [4.69, 9.17) is 14.2 Å². The number of hydrogen-bond acceptors (Lipinski definition) is 5. The van der Waals surface area contributed by atoms with Crippen LogP contribution >= 0.6 is 0 Å². The average molecular weight is 455 g/mol. The normalized spacial score (nSPS) is 11.2. The van der Waals surface area contributed by atoms with Crippen LogP contribution in [0.15, 0.2) is 48.8 Å². The Balaban J connectivity index is 1.62. The second-order valence-electron chi connectivity index (χ2n) is 8.27. The summed E-state index contributed by atoms with van der Waals surface area (Å²) >= 11 is 0. The molecule has 1 heterocycles. The zero-order valence-corrected chi connectivity index (χ0v) is 20.6. The van der Waals surface area contributed by atoms with Crippen LogP contribution in [0.4, 0.5) is 0 Å². The third kappa shape index (κ3) is 12.4. The molecule has 0 saturated heterocycles. The van der Waals surface area contributed by atoms with E-state index >= 15 is 0 Å². The Labute approximate surface area is 200 Å². The van der Waals surface area contributed by atoms with Gasteiger partial charge in [-0.2, -0.15) is 0 Å². The maximum atomic E-state index is 5.80. The van der Waals surface area contributed by atoms with Crippen LogP contribution < -0.4 is 9.47 Å². The molecule has 2 rings (SSSR count). The molecule has 0 unspecified atom stereocenters. The van der Waals surface area contributed by atoms with Crippen molar-refractivity contribution in [1.29, 1.82) is 0 Å². The molecule has 0 fully saturated rings. The van der Waals surface area contributed by atoms with Crippen LogP contribution in [-0.4, -0.2) is 36.4 Å². The lowest BCUT2D eigenvalue weighted by molar-refractivity contribution is 0.123. The summed E-state index contributed by atoms with van der Waals surface area (Å²) in [5.74, 6) is 2.23. The number of benzene rings is 1. The fraction of sp³-hybridized carbons (Fsp3) is 0.571. The van der Waals surface area contributed by atoms with E-state index in [-0.39, 0.29) is 0 Å². The summed E-state index contributed by atoms with van der Waals surface area (Å²) in [5.41, 5.74) is 0.959. The summed E-state index contributed by atoms with van der Waals surface area (Å²) in [4.78, 5) is 8.87. The lowest BCUT2D eigenvalue weighted by Gasteiger charge is -2.07. The van der Waals surface area contributed by atoms with Crippen molar-refractivity contribution >= 4 is 0 Å². The second-order valence-corrected chi connectivity index (χ2v) is 8.27. The first-order valence-electron chi connectivity index (χ1n) is 12.7. The third-order valence-electron chi connectivity index (χ3n) is 5.32. The highest BCUT2D eigenvalue weighted by Gasteiger charge is 2.03. The Morgan fingerprint density at radius 3 is 2.12 bits per heavy atom. The molecule has 0 radical (unpaired) electrons. The molecule has 33 heavy (non-hydrogen) atoms. The summed E-state index contributed by atoms with van der Waals surface area (Å²) in [6.45, 7) is 7.33. The van der Waals surface area contributed by atoms with Crippen molar-refractivity contribution in [3.05, 3.63) is 48.8 Å². The molecule has 1 aromatic heterocycles. The molecule has 5 nitrogen and oxygen atoms in total. The van der Waals surface area contributed by atoms with Gasteiger partial charge in [0.25, 0.3) is 0 Å². The SMILES string of the molecule is CCCCCCCC=CCOc1ccc(-c2ncc(OCCCCOCCCC)cn2)cc1. The van der Waals surface area contributed by atoms with E-state index in [1.807, 2.05) is 24.3 Å². The van der Waals surface area contributed by atoms with Crippen molar-refractivity contribution in [2.75, 3.05) is 26.4 Å². The molecule has 0 saturated carbocycles. The van der Waals surface area contributed by atoms with Crippen LogP contribution in [0, 0.1) is 0 Å². The van der Waals surface area contributed by atoms with E-state index in [2.05, 4.69) is 36.0 Å². The van der Waals surface area contributed by atoms with Crippen LogP contribution in [0.5, 0.6) is 11.5 Å². The van der Waals surface area contributed by atoms with Crippen LogP contribution in [0.25, 0.3) is 11.4 Å². The number of nitrogens with zero attached hydrogens (tertiary/aromatic N) is 2. The first-order chi connectivity index (χ1) is 16.3. The van der Waals surface area contributed by atoms with Crippen LogP contribution in [0.1, 0.15) is 78.1 Å². The molecular weight excluding hydrogens is 412 g/mol. The predicted molar refractivity (Wildman–Crippen MR) is 136 cm³/mol. The zero-order valence-electron chi connectivity index (χ0n) is 20.6. The van der Waals surface area contributed by atoms with Gasteiger partial charge in [-0.3, -0.25) is 0 Å². The van der Waals surface area contributed by atoms with Gasteiger partial charge in [0.05, 0.1) is 19.0 Å². The van der Waals surface area contributed by atoms with Crippen LogP contribution in [0.2, 0.25) is 0 Å². The zero-order chi connectivity index (χ0) is 23.4. The number of unbranched alkanes of at least 4 members (excludes halogenated alkanes) is 7. The molecule has 0 aliphatic heterocycles. The van der Waals surface area contributed by atoms with Crippen molar-refractivity contribution in [3.63, 3.8) is 0 Å². The fourth-order valence-corrected chi connectivity index (χ4v) is 3.28. The first-order valence-corrected chi connectivity index (χ1v) is 12.7. The minimum Gasteiger partial charge on any atom is -0.490 e. The molecule has 0 bridgehead atoms. The summed E-state index contributed by atoms with van der Waals surface area (Å²) < 4.78 is 17.1. The Morgan fingerprint density at radius 1 is 0.667 bits per heavy atom. The fourth-order valence-electron chi connectivity index (χ4n) is 3.28. The highest BCUT2D eigenvalue weighted by atomic mass is 16.5. The second kappa shape index (κ2) is 18.1. The van der Waals surface area contributed by atoms with Crippen molar-refractivity contribution < 1.29 is 14.2 Å². The topological polar surface area (TPSA) is 53.5 Å². The number of hydrogen-bond donors (Lipinski definition) is 0. The van der Waals surface area contributed by atoms with Crippen molar-refractivity contribution in [2.24, 2.45) is 0 Å². The van der Waals surface area contributed by atoms with E-state index in [9.17, 15) is 0 Å². The molecule has 182 valence electrons. The Kier molecular flexibility index (Phi) is 14.7. The van der Waals surface area contributed by atoms with Crippen LogP contribution in [-0.2, 0) is 4.74 Å². The number of ether oxygens (including phenoxy) is 3. The summed E-state index contributed by atoms with van der Waals surface area (Å²) in [6, 6.07) is 7.90. The maximum absolute atomic E-state index is 5.80. The molecule has 1 aromatic carbocycles. The molecule has 2 aromatic rings. The maximum Gasteiger partial charge on any atom is 0.159 e. The number of allylic oxidation sites excluding steroid dienone is 1. The van der Waals surface area contributed by atoms with E-state index in [0.717, 1.165) is 50.2 Å². The van der Waals surface area contributed by atoms with Gasteiger partial charge < -0.3 is 14.2 Å². The quantitative estimate of drug-likeness (QED) is 0.163. The van der Waals surface area contributed by atoms with E-state index in [1.54, 1.807) is 12.4 Å². The minimum atomic E-state index is 0.599. The monoisotopic (exact) mass is 454 g/mol. The van der Waals surface area contributed by atoms with Gasteiger partial charge in [0, 0.05) is 18.8 Å². The molecule has 0 spiro atoms. The largest absolute Gasteiger partial charge is 0.490 e. The molecular formula is C28H42N2O3. The highest BCUT2D eigenvalue weighted by molar-refractivity contribution is 5.56. The van der Waals surface area contributed by atoms with Gasteiger partial charge in [0.2, 0.25) is 0 Å². The van der Waals surface area contributed by atoms with E-state index < -0.39 is 0 Å². The van der Waals surface area contributed by atoms with Crippen LogP contribution in [0.3, 0.4) is 0 Å². The van der Waals surface area contributed by atoms with Crippen molar-refractivity contribution in [2.45, 2.75) is 78.1 Å².